The summed E-state index contributed by atoms with van der Waals surface area (Å²) in [5.41, 5.74) is 0.901. The molecule has 0 unspecified atom stereocenters. The SMILES string of the molecule is O=C([O-])C(=O)c1cnn(Cc2ccc(-c3noc(C(F)(F)F)n3)cc2)c1. The molecule has 134 valence electrons. The van der Waals surface area contributed by atoms with Gasteiger partial charge in [0, 0.05) is 11.8 Å². The number of hydrogen-bond acceptors (Lipinski definition) is 7. The number of halogens is 3. The number of carboxylic acids is 1. The van der Waals surface area contributed by atoms with Crippen LogP contribution in [0.2, 0.25) is 0 Å². The van der Waals surface area contributed by atoms with E-state index in [1.54, 1.807) is 12.1 Å². The summed E-state index contributed by atoms with van der Waals surface area (Å²) in [5, 5.41) is 17.7. The number of aromatic nitrogens is 4. The maximum absolute atomic E-state index is 12.5. The van der Waals surface area contributed by atoms with E-state index >= 15 is 0 Å². The third-order valence-electron chi connectivity index (χ3n) is 3.31. The predicted octanol–water partition coefficient (Wildman–Crippen LogP) is 0.933. The first kappa shape index (κ1) is 17.3. The molecule has 0 amide bonds. The maximum Gasteiger partial charge on any atom is 0.471 e. The topological polar surface area (TPSA) is 114 Å². The molecule has 0 aliphatic rings. The van der Waals surface area contributed by atoms with Gasteiger partial charge in [0.05, 0.1) is 18.3 Å². The molecule has 0 fully saturated rings. The van der Waals surface area contributed by atoms with E-state index in [-0.39, 0.29) is 17.9 Å². The van der Waals surface area contributed by atoms with Crippen LogP contribution in [0.3, 0.4) is 0 Å². The van der Waals surface area contributed by atoms with Crippen molar-refractivity contribution in [1.29, 1.82) is 0 Å². The van der Waals surface area contributed by atoms with Crippen LogP contribution in [-0.2, 0) is 17.5 Å². The Hall–Kier alpha value is -3.50. The number of rotatable bonds is 5. The van der Waals surface area contributed by atoms with Crippen LogP contribution >= 0.6 is 0 Å². The molecule has 8 nitrogen and oxygen atoms in total. The minimum atomic E-state index is -4.72. The molecule has 2 heterocycles. The van der Waals surface area contributed by atoms with E-state index in [9.17, 15) is 27.9 Å². The third-order valence-corrected chi connectivity index (χ3v) is 3.31. The van der Waals surface area contributed by atoms with Crippen molar-refractivity contribution < 1.29 is 32.4 Å². The molecule has 0 saturated carbocycles. The summed E-state index contributed by atoms with van der Waals surface area (Å²) in [4.78, 5) is 25.1. The summed E-state index contributed by atoms with van der Waals surface area (Å²) in [6.45, 7) is 0.209. The zero-order chi connectivity index (χ0) is 18.9. The second kappa shape index (κ2) is 6.43. The molecule has 3 rings (SSSR count). The molecule has 0 aliphatic carbocycles. The first-order valence-corrected chi connectivity index (χ1v) is 7.02. The van der Waals surface area contributed by atoms with Gasteiger partial charge in [0.25, 0.3) is 0 Å². The highest BCUT2D eigenvalue weighted by Crippen LogP contribution is 2.29. The standard InChI is InChI=1S/C15H9F3N4O4/c16-15(17,18)14-20-12(21-26-14)9-3-1-8(2-4-9)6-22-7-10(5-19-22)11(23)13(24)25/h1-5,7H,6H2,(H,24,25)/p-1. The lowest BCUT2D eigenvalue weighted by molar-refractivity contribution is -0.296. The fourth-order valence-electron chi connectivity index (χ4n) is 2.09. The van der Waals surface area contributed by atoms with Crippen molar-refractivity contribution in [3.8, 4) is 11.4 Å². The van der Waals surface area contributed by atoms with Gasteiger partial charge >= 0.3 is 12.1 Å². The number of ketones is 1. The van der Waals surface area contributed by atoms with Gasteiger partial charge in [-0.1, -0.05) is 29.4 Å². The van der Waals surface area contributed by atoms with E-state index in [4.69, 9.17) is 0 Å². The van der Waals surface area contributed by atoms with Gasteiger partial charge in [-0.05, 0) is 5.56 Å². The van der Waals surface area contributed by atoms with Crippen LogP contribution in [0.1, 0.15) is 21.8 Å². The van der Waals surface area contributed by atoms with Crippen LogP contribution in [0.25, 0.3) is 11.4 Å². The molecule has 0 atom stereocenters. The summed E-state index contributed by atoms with van der Waals surface area (Å²) in [7, 11) is 0. The number of alkyl halides is 3. The number of carbonyl (C=O) groups is 2. The molecule has 3 aromatic rings. The second-order valence-corrected chi connectivity index (χ2v) is 5.16. The fourth-order valence-corrected chi connectivity index (χ4v) is 2.09. The quantitative estimate of drug-likeness (QED) is 0.488. The van der Waals surface area contributed by atoms with Gasteiger partial charge < -0.3 is 14.4 Å². The molecule has 0 bridgehead atoms. The lowest BCUT2D eigenvalue weighted by atomic mass is 10.1. The smallest absolute Gasteiger partial charge is 0.471 e. The number of Topliss-reactive ketones (excluding diaryl/α,β-unsaturated/α-hetero) is 1. The Bertz CT molecular complexity index is 960. The Labute approximate surface area is 142 Å². The Morgan fingerprint density at radius 2 is 1.88 bits per heavy atom. The Morgan fingerprint density at radius 1 is 1.19 bits per heavy atom. The summed E-state index contributed by atoms with van der Waals surface area (Å²) in [6, 6.07) is 6.19. The fraction of sp³-hybridized carbons (Fsp3) is 0.133. The second-order valence-electron chi connectivity index (χ2n) is 5.16. The zero-order valence-electron chi connectivity index (χ0n) is 12.7. The highest BCUT2D eigenvalue weighted by atomic mass is 19.4. The van der Waals surface area contributed by atoms with Crippen molar-refractivity contribution in [1.82, 2.24) is 19.9 Å². The third kappa shape index (κ3) is 3.61. The van der Waals surface area contributed by atoms with Crippen molar-refractivity contribution >= 4 is 11.8 Å². The molecule has 0 aliphatic heterocycles. The number of carbonyl (C=O) groups excluding carboxylic acids is 2. The van der Waals surface area contributed by atoms with E-state index in [1.165, 1.54) is 23.0 Å². The van der Waals surface area contributed by atoms with Crippen LogP contribution in [0.4, 0.5) is 13.2 Å². The average Bonchev–Trinajstić information content (AvgIpc) is 3.24. The van der Waals surface area contributed by atoms with Gasteiger partial charge in [-0.15, -0.1) is 0 Å². The largest absolute Gasteiger partial charge is 0.541 e. The first-order chi connectivity index (χ1) is 12.2. The van der Waals surface area contributed by atoms with Crippen LogP contribution in [-0.4, -0.2) is 31.7 Å². The van der Waals surface area contributed by atoms with Gasteiger partial charge in [0.2, 0.25) is 11.6 Å². The lowest BCUT2D eigenvalue weighted by Crippen LogP contribution is -2.31. The van der Waals surface area contributed by atoms with Crippen molar-refractivity contribution in [2.75, 3.05) is 0 Å². The van der Waals surface area contributed by atoms with E-state index in [2.05, 4.69) is 19.8 Å². The molecule has 0 spiro atoms. The molecule has 0 saturated heterocycles. The summed E-state index contributed by atoms with van der Waals surface area (Å²) < 4.78 is 42.9. The molecular formula is C15H8F3N4O4-. The zero-order valence-corrected chi connectivity index (χ0v) is 12.7. The van der Waals surface area contributed by atoms with Crippen LogP contribution < -0.4 is 5.11 Å². The summed E-state index contributed by atoms with van der Waals surface area (Å²) in [6.07, 6.45) is -2.36. The van der Waals surface area contributed by atoms with Gasteiger partial charge in [0.1, 0.15) is 5.97 Å². The predicted molar refractivity (Wildman–Crippen MR) is 75.4 cm³/mol. The van der Waals surface area contributed by atoms with E-state index in [0.29, 0.717) is 11.1 Å². The highest BCUT2D eigenvalue weighted by molar-refractivity contribution is 6.38. The van der Waals surface area contributed by atoms with Crippen LogP contribution in [0, 0.1) is 0 Å². The van der Waals surface area contributed by atoms with Crippen LogP contribution in [0.15, 0.2) is 41.2 Å². The number of aliphatic carboxylic acids is 1. The van der Waals surface area contributed by atoms with E-state index in [0.717, 1.165) is 6.20 Å². The Kier molecular flexibility index (Phi) is 4.28. The Morgan fingerprint density at radius 3 is 2.46 bits per heavy atom. The first-order valence-electron chi connectivity index (χ1n) is 7.02. The molecular weight excluding hydrogens is 357 g/mol. The Balaban J connectivity index is 1.73. The normalized spacial score (nSPS) is 11.5. The van der Waals surface area contributed by atoms with Crippen molar-refractivity contribution in [2.24, 2.45) is 0 Å². The number of nitrogens with zero attached hydrogens (tertiary/aromatic N) is 4. The van der Waals surface area contributed by atoms with E-state index < -0.39 is 23.8 Å². The minimum Gasteiger partial charge on any atom is -0.541 e. The molecule has 0 radical (unpaired) electrons. The minimum absolute atomic E-state index is 0.118. The van der Waals surface area contributed by atoms with E-state index in [1.807, 2.05) is 0 Å². The molecule has 26 heavy (non-hydrogen) atoms. The molecule has 2 aromatic heterocycles. The summed E-state index contributed by atoms with van der Waals surface area (Å²) >= 11 is 0. The average molecular weight is 365 g/mol. The van der Waals surface area contributed by atoms with Crippen molar-refractivity contribution in [3.63, 3.8) is 0 Å². The van der Waals surface area contributed by atoms with Gasteiger partial charge in [-0.25, -0.2) is 0 Å². The molecule has 0 N–H and O–H groups in total. The van der Waals surface area contributed by atoms with Gasteiger partial charge in [0.15, 0.2) is 0 Å². The van der Waals surface area contributed by atoms with Crippen molar-refractivity contribution in [3.05, 3.63) is 53.7 Å². The maximum atomic E-state index is 12.5. The lowest BCUT2D eigenvalue weighted by Gasteiger charge is -2.03. The number of hydrogen-bond donors (Lipinski definition) is 0. The van der Waals surface area contributed by atoms with Crippen molar-refractivity contribution in [2.45, 2.75) is 12.7 Å². The van der Waals surface area contributed by atoms with Gasteiger partial charge in [-0.2, -0.15) is 23.3 Å². The monoisotopic (exact) mass is 365 g/mol. The van der Waals surface area contributed by atoms with Gasteiger partial charge in [-0.3, -0.25) is 9.48 Å². The summed E-state index contributed by atoms with van der Waals surface area (Å²) in [5.74, 6) is -4.64. The molecule has 1 aromatic carbocycles. The van der Waals surface area contributed by atoms with Crippen LogP contribution in [0.5, 0.6) is 0 Å². The number of benzene rings is 1. The molecule has 11 heteroatoms. The highest BCUT2D eigenvalue weighted by Gasteiger charge is 2.38. The number of carboxylic acid groups (broad SMARTS) is 1.